The Labute approximate surface area is 159 Å². The number of nitrogens with one attached hydrogen (secondary N) is 1. The molecular formula is C21H24ClN3O. The van der Waals surface area contributed by atoms with E-state index in [-0.39, 0.29) is 12.1 Å². The maximum Gasteiger partial charge on any atom is 0.322 e. The SMILES string of the molecule is O=C(Nc1ccc(Cl)cc1)N1CCN(C2CC2)CC1Cc1ccccc1. The molecule has 1 saturated carbocycles. The third-order valence-corrected chi connectivity index (χ3v) is 5.50. The number of benzene rings is 2. The molecule has 1 unspecified atom stereocenters. The fourth-order valence-corrected chi connectivity index (χ4v) is 3.83. The molecule has 2 aromatic carbocycles. The third kappa shape index (κ3) is 4.19. The molecule has 136 valence electrons. The second-order valence-electron chi connectivity index (χ2n) is 7.20. The lowest BCUT2D eigenvalue weighted by atomic mass is 10.0. The van der Waals surface area contributed by atoms with Crippen molar-refractivity contribution < 1.29 is 4.79 Å². The van der Waals surface area contributed by atoms with Gasteiger partial charge in [0.1, 0.15) is 0 Å². The summed E-state index contributed by atoms with van der Waals surface area (Å²) in [5.74, 6) is 0. The molecule has 2 aliphatic rings. The van der Waals surface area contributed by atoms with Gasteiger partial charge in [0.25, 0.3) is 0 Å². The van der Waals surface area contributed by atoms with E-state index in [9.17, 15) is 4.79 Å². The van der Waals surface area contributed by atoms with Gasteiger partial charge in [0.2, 0.25) is 0 Å². The first-order chi connectivity index (χ1) is 12.7. The van der Waals surface area contributed by atoms with Crippen LogP contribution in [0.4, 0.5) is 10.5 Å². The molecule has 26 heavy (non-hydrogen) atoms. The van der Waals surface area contributed by atoms with Gasteiger partial charge < -0.3 is 10.2 Å². The van der Waals surface area contributed by atoms with Gasteiger partial charge in [-0.3, -0.25) is 4.90 Å². The molecule has 1 aliphatic heterocycles. The normalized spacial score (nSPS) is 20.8. The molecular weight excluding hydrogens is 346 g/mol. The van der Waals surface area contributed by atoms with Gasteiger partial charge in [0, 0.05) is 36.4 Å². The maximum atomic E-state index is 12.9. The van der Waals surface area contributed by atoms with Crippen LogP contribution >= 0.6 is 11.6 Å². The summed E-state index contributed by atoms with van der Waals surface area (Å²) in [6.07, 6.45) is 3.49. The Balaban J connectivity index is 1.47. The Morgan fingerprint density at radius 3 is 2.46 bits per heavy atom. The predicted molar refractivity (Wildman–Crippen MR) is 106 cm³/mol. The Kier molecular flexibility index (Phi) is 5.14. The van der Waals surface area contributed by atoms with Crippen molar-refractivity contribution in [2.24, 2.45) is 0 Å². The standard InChI is InChI=1S/C21H24ClN3O/c22-17-6-8-18(9-7-17)23-21(26)25-13-12-24(19-10-11-19)15-20(25)14-16-4-2-1-3-5-16/h1-9,19-20H,10-15H2,(H,23,26). The molecule has 5 heteroatoms. The number of hydrogen-bond donors (Lipinski definition) is 1. The summed E-state index contributed by atoms with van der Waals surface area (Å²) < 4.78 is 0. The van der Waals surface area contributed by atoms with Gasteiger partial charge in [-0.1, -0.05) is 41.9 Å². The zero-order valence-electron chi connectivity index (χ0n) is 14.8. The van der Waals surface area contributed by atoms with Gasteiger partial charge in [-0.05, 0) is 49.1 Å². The molecule has 1 aliphatic carbocycles. The molecule has 2 fully saturated rings. The summed E-state index contributed by atoms with van der Waals surface area (Å²) in [6.45, 7) is 2.69. The Hall–Kier alpha value is -2.04. The number of rotatable bonds is 4. The number of anilines is 1. The van der Waals surface area contributed by atoms with Crippen LogP contribution < -0.4 is 5.32 Å². The highest BCUT2D eigenvalue weighted by atomic mass is 35.5. The average Bonchev–Trinajstić information content (AvgIpc) is 3.50. The molecule has 0 spiro atoms. The van der Waals surface area contributed by atoms with E-state index in [0.717, 1.165) is 37.8 Å². The predicted octanol–water partition coefficient (Wildman–Crippen LogP) is 4.26. The van der Waals surface area contributed by atoms with Crippen molar-refractivity contribution >= 4 is 23.3 Å². The van der Waals surface area contributed by atoms with Crippen LogP contribution in [0, 0.1) is 0 Å². The van der Waals surface area contributed by atoms with Crippen LogP contribution in [0.5, 0.6) is 0 Å². The summed E-state index contributed by atoms with van der Waals surface area (Å²) in [7, 11) is 0. The van der Waals surface area contributed by atoms with E-state index in [0.29, 0.717) is 5.02 Å². The molecule has 0 radical (unpaired) electrons. The number of amides is 2. The number of hydrogen-bond acceptors (Lipinski definition) is 2. The van der Waals surface area contributed by atoms with E-state index in [4.69, 9.17) is 11.6 Å². The minimum atomic E-state index is -0.0244. The van der Waals surface area contributed by atoms with Gasteiger partial charge in [0.15, 0.2) is 0 Å². The van der Waals surface area contributed by atoms with Crippen LogP contribution in [0.2, 0.25) is 5.02 Å². The van der Waals surface area contributed by atoms with E-state index >= 15 is 0 Å². The topological polar surface area (TPSA) is 35.6 Å². The van der Waals surface area contributed by atoms with Crippen LogP contribution in [0.1, 0.15) is 18.4 Å². The highest BCUT2D eigenvalue weighted by Gasteiger charge is 2.37. The first-order valence-electron chi connectivity index (χ1n) is 9.30. The van der Waals surface area contributed by atoms with Crippen molar-refractivity contribution in [3.8, 4) is 0 Å². The number of carbonyl (C=O) groups is 1. The van der Waals surface area contributed by atoms with Crippen LogP contribution in [-0.2, 0) is 6.42 Å². The lowest BCUT2D eigenvalue weighted by molar-refractivity contribution is 0.0954. The fourth-order valence-electron chi connectivity index (χ4n) is 3.71. The van der Waals surface area contributed by atoms with Crippen molar-refractivity contribution in [3.63, 3.8) is 0 Å². The Morgan fingerprint density at radius 2 is 1.77 bits per heavy atom. The second-order valence-corrected chi connectivity index (χ2v) is 7.64. The van der Waals surface area contributed by atoms with Crippen molar-refractivity contribution in [1.29, 1.82) is 0 Å². The van der Waals surface area contributed by atoms with Crippen LogP contribution in [0.15, 0.2) is 54.6 Å². The summed E-state index contributed by atoms with van der Waals surface area (Å²) >= 11 is 5.93. The molecule has 2 amide bonds. The van der Waals surface area contributed by atoms with Gasteiger partial charge >= 0.3 is 6.03 Å². The number of halogens is 1. The largest absolute Gasteiger partial charge is 0.322 e. The van der Waals surface area contributed by atoms with E-state index < -0.39 is 0 Å². The summed E-state index contributed by atoms with van der Waals surface area (Å²) in [5, 5.41) is 3.69. The van der Waals surface area contributed by atoms with Crippen LogP contribution in [0.25, 0.3) is 0 Å². The Bertz CT molecular complexity index is 746. The molecule has 4 nitrogen and oxygen atoms in total. The molecule has 4 rings (SSSR count). The number of carbonyl (C=O) groups excluding carboxylic acids is 1. The minimum Gasteiger partial charge on any atom is -0.319 e. The van der Waals surface area contributed by atoms with Crippen LogP contribution in [-0.4, -0.2) is 47.5 Å². The highest BCUT2D eigenvalue weighted by molar-refractivity contribution is 6.30. The smallest absolute Gasteiger partial charge is 0.319 e. The third-order valence-electron chi connectivity index (χ3n) is 5.25. The lowest BCUT2D eigenvalue weighted by Gasteiger charge is -2.41. The molecule has 1 heterocycles. The van der Waals surface area contributed by atoms with Crippen molar-refractivity contribution in [2.75, 3.05) is 25.0 Å². The minimum absolute atomic E-state index is 0.0244. The molecule has 1 N–H and O–H groups in total. The van der Waals surface area contributed by atoms with Crippen molar-refractivity contribution in [1.82, 2.24) is 9.80 Å². The van der Waals surface area contributed by atoms with E-state index in [1.54, 1.807) is 12.1 Å². The first kappa shape index (κ1) is 17.4. The number of piperazine rings is 1. The Morgan fingerprint density at radius 1 is 1.04 bits per heavy atom. The molecule has 1 saturated heterocycles. The second kappa shape index (κ2) is 7.68. The van der Waals surface area contributed by atoms with E-state index in [2.05, 4.69) is 34.5 Å². The van der Waals surface area contributed by atoms with E-state index in [1.165, 1.54) is 18.4 Å². The summed E-state index contributed by atoms with van der Waals surface area (Å²) in [6, 6.07) is 18.6. The maximum absolute atomic E-state index is 12.9. The van der Waals surface area contributed by atoms with Gasteiger partial charge in [-0.2, -0.15) is 0 Å². The van der Waals surface area contributed by atoms with Crippen LogP contribution in [0.3, 0.4) is 0 Å². The summed E-state index contributed by atoms with van der Waals surface area (Å²) in [5.41, 5.74) is 2.06. The molecule has 0 aromatic heterocycles. The molecule has 0 bridgehead atoms. The molecule has 2 aromatic rings. The number of urea groups is 1. The average molecular weight is 370 g/mol. The van der Waals surface area contributed by atoms with Crippen molar-refractivity contribution in [2.45, 2.75) is 31.3 Å². The first-order valence-corrected chi connectivity index (χ1v) is 9.68. The summed E-state index contributed by atoms with van der Waals surface area (Å²) in [4.78, 5) is 17.5. The van der Waals surface area contributed by atoms with Gasteiger partial charge in [-0.25, -0.2) is 4.79 Å². The zero-order chi connectivity index (χ0) is 17.9. The van der Waals surface area contributed by atoms with E-state index in [1.807, 2.05) is 23.1 Å². The van der Waals surface area contributed by atoms with Gasteiger partial charge in [0.05, 0.1) is 6.04 Å². The lowest BCUT2D eigenvalue weighted by Crippen LogP contribution is -2.57. The quantitative estimate of drug-likeness (QED) is 0.873. The molecule has 1 atom stereocenters. The zero-order valence-corrected chi connectivity index (χ0v) is 15.5. The number of nitrogens with zero attached hydrogens (tertiary/aromatic N) is 2. The monoisotopic (exact) mass is 369 g/mol. The van der Waals surface area contributed by atoms with Gasteiger partial charge in [-0.15, -0.1) is 0 Å². The van der Waals surface area contributed by atoms with Crippen molar-refractivity contribution in [3.05, 3.63) is 65.2 Å². The fraction of sp³-hybridized carbons (Fsp3) is 0.381. The highest BCUT2D eigenvalue weighted by Crippen LogP contribution is 2.30.